The van der Waals surface area contributed by atoms with Gasteiger partial charge in [0, 0.05) is 30.2 Å². The van der Waals surface area contributed by atoms with Crippen molar-refractivity contribution >= 4 is 10.9 Å². The lowest BCUT2D eigenvalue weighted by molar-refractivity contribution is 0.357. The Bertz CT molecular complexity index is 632. The summed E-state index contributed by atoms with van der Waals surface area (Å²) in [5.74, 6) is 0. The maximum absolute atomic E-state index is 3.63. The van der Waals surface area contributed by atoms with Gasteiger partial charge in [-0.1, -0.05) is 11.6 Å². The summed E-state index contributed by atoms with van der Waals surface area (Å²) in [6.07, 6.45) is 1.11. The second-order valence-corrected chi connectivity index (χ2v) is 6.38. The van der Waals surface area contributed by atoms with Gasteiger partial charge in [-0.15, -0.1) is 0 Å². The van der Waals surface area contributed by atoms with Crippen molar-refractivity contribution in [3.8, 4) is 0 Å². The Kier molecular flexibility index (Phi) is 2.36. The second kappa shape index (κ2) is 3.61. The highest BCUT2D eigenvalue weighted by Gasteiger charge is 2.29. The zero-order valence-corrected chi connectivity index (χ0v) is 12.0. The molecule has 1 N–H and O–H groups in total. The van der Waals surface area contributed by atoms with Crippen molar-refractivity contribution in [3.63, 3.8) is 0 Å². The molecule has 0 aliphatic carbocycles. The molecule has 0 atom stereocenters. The number of aryl methyl sites for hydroxylation is 3. The van der Waals surface area contributed by atoms with Crippen LogP contribution in [0.15, 0.2) is 12.1 Å². The molecule has 1 aliphatic rings. The number of aromatic nitrogens is 1. The van der Waals surface area contributed by atoms with Crippen LogP contribution in [0.25, 0.3) is 10.9 Å². The molecule has 96 valence electrons. The predicted molar refractivity (Wildman–Crippen MR) is 77.0 cm³/mol. The largest absolute Gasteiger partial charge is 0.346 e. The van der Waals surface area contributed by atoms with Gasteiger partial charge in [0.2, 0.25) is 0 Å². The molecule has 2 heterocycles. The van der Waals surface area contributed by atoms with Gasteiger partial charge in [0.1, 0.15) is 0 Å². The van der Waals surface area contributed by atoms with Crippen molar-refractivity contribution < 1.29 is 0 Å². The van der Waals surface area contributed by atoms with Gasteiger partial charge in [-0.2, -0.15) is 0 Å². The van der Waals surface area contributed by atoms with Crippen LogP contribution in [-0.2, 0) is 20.0 Å². The van der Waals surface area contributed by atoms with Gasteiger partial charge in [-0.3, -0.25) is 0 Å². The summed E-state index contributed by atoms with van der Waals surface area (Å²) in [5, 5.41) is 5.09. The highest BCUT2D eigenvalue weighted by molar-refractivity contribution is 5.89. The van der Waals surface area contributed by atoms with Crippen molar-refractivity contribution in [1.82, 2.24) is 9.88 Å². The van der Waals surface area contributed by atoms with E-state index in [1.54, 1.807) is 5.56 Å². The molecule has 0 amide bonds. The van der Waals surface area contributed by atoms with E-state index in [2.05, 4.69) is 56.8 Å². The van der Waals surface area contributed by atoms with E-state index in [-0.39, 0.29) is 5.54 Å². The van der Waals surface area contributed by atoms with E-state index in [4.69, 9.17) is 0 Å². The van der Waals surface area contributed by atoms with Crippen molar-refractivity contribution in [2.45, 2.75) is 46.2 Å². The van der Waals surface area contributed by atoms with Crippen LogP contribution >= 0.6 is 0 Å². The second-order valence-electron chi connectivity index (χ2n) is 6.38. The SMILES string of the molecule is Cc1cc(C)c2c(c1)c1c(n2C)CNC(C)(C)C1. The number of benzene rings is 1. The third kappa shape index (κ3) is 1.59. The van der Waals surface area contributed by atoms with Crippen molar-refractivity contribution in [2.24, 2.45) is 7.05 Å². The molecule has 1 aromatic carbocycles. The van der Waals surface area contributed by atoms with Crippen molar-refractivity contribution in [1.29, 1.82) is 0 Å². The summed E-state index contributed by atoms with van der Waals surface area (Å²) < 4.78 is 2.38. The van der Waals surface area contributed by atoms with Gasteiger partial charge < -0.3 is 9.88 Å². The molecule has 2 nitrogen and oxygen atoms in total. The summed E-state index contributed by atoms with van der Waals surface area (Å²) in [5.41, 5.74) is 7.37. The lowest BCUT2D eigenvalue weighted by Gasteiger charge is -2.31. The quantitative estimate of drug-likeness (QED) is 0.750. The molecular formula is C16H22N2. The number of hydrogen-bond acceptors (Lipinski definition) is 1. The van der Waals surface area contributed by atoms with Gasteiger partial charge in [0.15, 0.2) is 0 Å². The first-order valence-corrected chi connectivity index (χ1v) is 6.71. The summed E-state index contributed by atoms with van der Waals surface area (Å²) in [6, 6.07) is 4.63. The van der Waals surface area contributed by atoms with Gasteiger partial charge in [-0.25, -0.2) is 0 Å². The zero-order chi connectivity index (χ0) is 13.1. The predicted octanol–water partition coefficient (Wildman–Crippen LogP) is 3.22. The van der Waals surface area contributed by atoms with E-state index in [9.17, 15) is 0 Å². The van der Waals surface area contributed by atoms with E-state index in [0.29, 0.717) is 0 Å². The molecule has 2 heteroatoms. The molecule has 0 radical (unpaired) electrons. The van der Waals surface area contributed by atoms with E-state index < -0.39 is 0 Å². The molecule has 0 spiro atoms. The van der Waals surface area contributed by atoms with Crippen molar-refractivity contribution in [2.75, 3.05) is 0 Å². The minimum Gasteiger partial charge on any atom is -0.346 e. The zero-order valence-electron chi connectivity index (χ0n) is 12.0. The third-order valence-corrected chi connectivity index (χ3v) is 4.21. The Balaban J connectivity index is 2.35. The van der Waals surface area contributed by atoms with E-state index in [1.165, 1.54) is 27.7 Å². The summed E-state index contributed by atoms with van der Waals surface area (Å²) in [7, 11) is 2.20. The summed E-state index contributed by atoms with van der Waals surface area (Å²) in [6.45, 7) is 9.97. The molecule has 2 aromatic rings. The Morgan fingerprint density at radius 1 is 1.22 bits per heavy atom. The van der Waals surface area contributed by atoms with Crippen LogP contribution < -0.4 is 5.32 Å². The molecule has 0 unspecified atom stereocenters. The first kappa shape index (κ1) is 11.8. The van der Waals surface area contributed by atoms with Crippen LogP contribution in [0.1, 0.15) is 36.2 Å². The highest BCUT2D eigenvalue weighted by atomic mass is 15.0. The summed E-state index contributed by atoms with van der Waals surface area (Å²) >= 11 is 0. The van der Waals surface area contributed by atoms with Gasteiger partial charge in [0.05, 0.1) is 5.52 Å². The minimum absolute atomic E-state index is 0.207. The number of nitrogens with one attached hydrogen (secondary N) is 1. The van der Waals surface area contributed by atoms with E-state index in [1.807, 2.05) is 0 Å². The normalized spacial score (nSPS) is 18.1. The van der Waals surface area contributed by atoms with Gasteiger partial charge in [0.25, 0.3) is 0 Å². The van der Waals surface area contributed by atoms with E-state index in [0.717, 1.165) is 13.0 Å². The highest BCUT2D eigenvalue weighted by Crippen LogP contribution is 2.34. The van der Waals surface area contributed by atoms with Crippen molar-refractivity contribution in [3.05, 3.63) is 34.5 Å². The average molecular weight is 242 g/mol. The molecule has 0 saturated carbocycles. The lowest BCUT2D eigenvalue weighted by Crippen LogP contribution is -2.44. The number of nitrogens with zero attached hydrogens (tertiary/aromatic N) is 1. The van der Waals surface area contributed by atoms with Gasteiger partial charge >= 0.3 is 0 Å². The Morgan fingerprint density at radius 2 is 1.94 bits per heavy atom. The molecule has 0 fully saturated rings. The maximum atomic E-state index is 3.63. The van der Waals surface area contributed by atoms with Crippen LogP contribution in [0.4, 0.5) is 0 Å². The molecule has 1 aliphatic heterocycles. The average Bonchev–Trinajstić information content (AvgIpc) is 2.50. The first-order chi connectivity index (χ1) is 8.39. The number of fused-ring (bicyclic) bond motifs is 3. The molecule has 0 saturated heterocycles. The van der Waals surface area contributed by atoms with Crippen LogP contribution in [0, 0.1) is 13.8 Å². The van der Waals surface area contributed by atoms with E-state index >= 15 is 0 Å². The van der Waals surface area contributed by atoms with Crippen LogP contribution in [-0.4, -0.2) is 10.1 Å². The van der Waals surface area contributed by atoms with Crippen LogP contribution in [0.2, 0.25) is 0 Å². The summed E-state index contributed by atoms with van der Waals surface area (Å²) in [4.78, 5) is 0. The van der Waals surface area contributed by atoms with Crippen LogP contribution in [0.3, 0.4) is 0 Å². The fourth-order valence-electron chi connectivity index (χ4n) is 3.38. The number of hydrogen-bond donors (Lipinski definition) is 1. The molecule has 18 heavy (non-hydrogen) atoms. The standard InChI is InChI=1S/C16H22N2/c1-10-6-11(2)15-12(7-10)13-8-16(3,4)17-9-14(13)18(15)5/h6-7,17H,8-9H2,1-5H3. The fourth-order valence-corrected chi connectivity index (χ4v) is 3.38. The number of rotatable bonds is 0. The Hall–Kier alpha value is -1.28. The first-order valence-electron chi connectivity index (χ1n) is 6.71. The molecule has 1 aromatic heterocycles. The van der Waals surface area contributed by atoms with Gasteiger partial charge in [-0.05, 0) is 51.3 Å². The lowest BCUT2D eigenvalue weighted by atomic mass is 9.89. The molecule has 3 rings (SSSR count). The monoisotopic (exact) mass is 242 g/mol. The third-order valence-electron chi connectivity index (χ3n) is 4.21. The Labute approximate surface area is 109 Å². The smallest absolute Gasteiger partial charge is 0.0513 e. The fraction of sp³-hybridized carbons (Fsp3) is 0.500. The Morgan fingerprint density at radius 3 is 2.67 bits per heavy atom. The van der Waals surface area contributed by atoms with Crippen LogP contribution in [0.5, 0.6) is 0 Å². The molecule has 0 bridgehead atoms. The topological polar surface area (TPSA) is 17.0 Å². The molecular weight excluding hydrogens is 220 g/mol. The maximum Gasteiger partial charge on any atom is 0.0513 e. The minimum atomic E-state index is 0.207.